The van der Waals surface area contributed by atoms with Crippen molar-refractivity contribution in [3.63, 3.8) is 0 Å². The molecule has 0 aromatic carbocycles. The zero-order chi connectivity index (χ0) is 19.3. The van der Waals surface area contributed by atoms with Gasteiger partial charge in [0.1, 0.15) is 5.60 Å². The molecule has 0 spiro atoms. The first-order valence-corrected chi connectivity index (χ1v) is 9.31. The van der Waals surface area contributed by atoms with Crippen LogP contribution < -0.4 is 0 Å². The van der Waals surface area contributed by atoms with Crippen LogP contribution in [0.4, 0.5) is 4.79 Å². The van der Waals surface area contributed by atoms with Crippen molar-refractivity contribution < 1.29 is 23.9 Å². The van der Waals surface area contributed by atoms with Crippen molar-refractivity contribution in [2.24, 2.45) is 11.8 Å². The molecule has 0 bridgehead atoms. The maximum Gasteiger partial charge on any atom is 0.410 e. The molecule has 7 heteroatoms. The fourth-order valence-electron chi connectivity index (χ4n) is 3.06. The molecule has 146 valence electrons. The number of amides is 2. The van der Waals surface area contributed by atoms with E-state index in [0.717, 1.165) is 12.8 Å². The highest BCUT2D eigenvalue weighted by molar-refractivity contribution is 5.88. The largest absolute Gasteiger partial charge is 0.466 e. The van der Waals surface area contributed by atoms with Gasteiger partial charge in [-0.25, -0.2) is 4.79 Å². The van der Waals surface area contributed by atoms with Gasteiger partial charge in [0, 0.05) is 32.1 Å². The summed E-state index contributed by atoms with van der Waals surface area (Å²) in [7, 11) is 0. The standard InChI is InChI=1S/C19H30N2O5/c1-5-25-17(23)15-7-6-10-20(13-15)16(22)9-8-14-11-21(12-14)18(24)26-19(2,3)4/h8-9,14-15H,5-7,10-13H2,1-4H3/b9-8+/t15-/m1/s1. The van der Waals surface area contributed by atoms with E-state index in [-0.39, 0.29) is 29.8 Å². The molecule has 2 amide bonds. The topological polar surface area (TPSA) is 76.2 Å². The van der Waals surface area contributed by atoms with Crippen molar-refractivity contribution in [2.45, 2.75) is 46.1 Å². The van der Waals surface area contributed by atoms with Gasteiger partial charge in [-0.15, -0.1) is 0 Å². The summed E-state index contributed by atoms with van der Waals surface area (Å²) in [5.41, 5.74) is -0.502. The number of likely N-dealkylation sites (tertiary alicyclic amines) is 2. The number of rotatable bonds is 4. The second kappa shape index (κ2) is 8.56. The lowest BCUT2D eigenvalue weighted by atomic mass is 9.97. The second-order valence-corrected chi connectivity index (χ2v) is 7.88. The van der Waals surface area contributed by atoms with E-state index in [1.54, 1.807) is 22.8 Å². The van der Waals surface area contributed by atoms with Crippen molar-refractivity contribution in [2.75, 3.05) is 32.8 Å². The maximum atomic E-state index is 12.4. The van der Waals surface area contributed by atoms with Crippen LogP contribution in [0.1, 0.15) is 40.5 Å². The Labute approximate surface area is 155 Å². The zero-order valence-electron chi connectivity index (χ0n) is 16.2. The number of ether oxygens (including phenoxy) is 2. The number of carbonyl (C=O) groups excluding carboxylic acids is 3. The predicted molar refractivity (Wildman–Crippen MR) is 96.4 cm³/mol. The molecule has 7 nitrogen and oxygen atoms in total. The van der Waals surface area contributed by atoms with E-state index in [1.165, 1.54) is 0 Å². The monoisotopic (exact) mass is 366 g/mol. The number of nitrogens with zero attached hydrogens (tertiary/aromatic N) is 2. The molecular formula is C19H30N2O5. The summed E-state index contributed by atoms with van der Waals surface area (Å²) in [6.07, 6.45) is 4.65. The van der Waals surface area contributed by atoms with Crippen LogP contribution >= 0.6 is 0 Å². The summed E-state index contributed by atoms with van der Waals surface area (Å²) in [6, 6.07) is 0. The summed E-state index contributed by atoms with van der Waals surface area (Å²) in [6.45, 7) is 9.85. The molecule has 0 saturated carbocycles. The zero-order valence-corrected chi connectivity index (χ0v) is 16.2. The summed E-state index contributed by atoms with van der Waals surface area (Å²) < 4.78 is 10.4. The summed E-state index contributed by atoms with van der Waals surface area (Å²) in [5.74, 6) is -0.375. The van der Waals surface area contributed by atoms with E-state index in [9.17, 15) is 14.4 Å². The quantitative estimate of drug-likeness (QED) is 0.563. The molecular weight excluding hydrogens is 336 g/mol. The Morgan fingerprint density at radius 3 is 2.42 bits per heavy atom. The third kappa shape index (κ3) is 5.75. The Hall–Kier alpha value is -2.05. The third-order valence-corrected chi connectivity index (χ3v) is 4.43. The highest BCUT2D eigenvalue weighted by atomic mass is 16.6. The first-order chi connectivity index (χ1) is 12.2. The van der Waals surface area contributed by atoms with Crippen LogP contribution in [-0.4, -0.2) is 66.2 Å². The van der Waals surface area contributed by atoms with E-state index in [2.05, 4.69) is 0 Å². The molecule has 0 N–H and O–H groups in total. The van der Waals surface area contributed by atoms with E-state index >= 15 is 0 Å². The number of piperidine rings is 1. The van der Waals surface area contributed by atoms with Crippen molar-refractivity contribution >= 4 is 18.0 Å². The van der Waals surface area contributed by atoms with Crippen LogP contribution in [0.3, 0.4) is 0 Å². The summed E-state index contributed by atoms with van der Waals surface area (Å²) in [4.78, 5) is 39.4. The Bertz CT molecular complexity index is 561. The summed E-state index contributed by atoms with van der Waals surface area (Å²) in [5, 5.41) is 0. The van der Waals surface area contributed by atoms with Gasteiger partial charge in [0.05, 0.1) is 12.5 Å². The molecule has 2 rings (SSSR count). The molecule has 0 unspecified atom stereocenters. The van der Waals surface area contributed by atoms with E-state index < -0.39 is 5.60 Å². The van der Waals surface area contributed by atoms with Gasteiger partial charge in [0.2, 0.25) is 5.91 Å². The van der Waals surface area contributed by atoms with E-state index in [0.29, 0.717) is 32.8 Å². The SMILES string of the molecule is CCOC(=O)[C@@H]1CCCN(C(=O)/C=C/C2CN(C(=O)OC(C)(C)C)C2)C1. The Morgan fingerprint density at radius 1 is 1.12 bits per heavy atom. The third-order valence-electron chi connectivity index (χ3n) is 4.43. The molecule has 0 aromatic heterocycles. The smallest absolute Gasteiger partial charge is 0.410 e. The van der Waals surface area contributed by atoms with E-state index in [4.69, 9.17) is 9.47 Å². The molecule has 2 aliphatic heterocycles. The van der Waals surface area contributed by atoms with Crippen LogP contribution in [0.15, 0.2) is 12.2 Å². The van der Waals surface area contributed by atoms with Gasteiger partial charge in [-0.1, -0.05) is 6.08 Å². The van der Waals surface area contributed by atoms with Gasteiger partial charge in [0.15, 0.2) is 0 Å². The number of hydrogen-bond acceptors (Lipinski definition) is 5. The highest BCUT2D eigenvalue weighted by Gasteiger charge is 2.33. The first kappa shape index (κ1) is 20.3. The second-order valence-electron chi connectivity index (χ2n) is 7.88. The Balaban J connectivity index is 1.76. The molecule has 26 heavy (non-hydrogen) atoms. The minimum Gasteiger partial charge on any atom is -0.466 e. The maximum absolute atomic E-state index is 12.4. The fourth-order valence-corrected chi connectivity index (χ4v) is 3.06. The molecule has 2 aliphatic rings. The van der Waals surface area contributed by atoms with Crippen LogP contribution in [0.5, 0.6) is 0 Å². The molecule has 0 aliphatic carbocycles. The van der Waals surface area contributed by atoms with Crippen LogP contribution in [0.2, 0.25) is 0 Å². The van der Waals surface area contributed by atoms with Crippen LogP contribution in [-0.2, 0) is 19.1 Å². The minimum atomic E-state index is -0.502. The van der Waals surface area contributed by atoms with Gasteiger partial charge in [-0.2, -0.15) is 0 Å². The molecule has 2 saturated heterocycles. The Kier molecular flexibility index (Phi) is 6.67. The molecule has 2 heterocycles. The Morgan fingerprint density at radius 2 is 1.81 bits per heavy atom. The number of carbonyl (C=O) groups is 3. The minimum absolute atomic E-state index is 0.0882. The molecule has 0 aromatic rings. The van der Waals surface area contributed by atoms with Gasteiger partial charge in [-0.3, -0.25) is 9.59 Å². The highest BCUT2D eigenvalue weighted by Crippen LogP contribution is 2.21. The fraction of sp³-hybridized carbons (Fsp3) is 0.737. The van der Waals surface area contributed by atoms with Crippen LogP contribution in [0, 0.1) is 11.8 Å². The van der Waals surface area contributed by atoms with Gasteiger partial charge >= 0.3 is 12.1 Å². The lowest BCUT2D eigenvalue weighted by Crippen LogP contribution is -2.51. The lowest BCUT2D eigenvalue weighted by Gasteiger charge is -2.38. The first-order valence-electron chi connectivity index (χ1n) is 9.31. The molecule has 1 atom stereocenters. The van der Waals surface area contributed by atoms with Crippen molar-refractivity contribution in [3.8, 4) is 0 Å². The average Bonchev–Trinajstić information content (AvgIpc) is 2.51. The van der Waals surface area contributed by atoms with Gasteiger partial charge in [0.25, 0.3) is 0 Å². The average molecular weight is 366 g/mol. The lowest BCUT2D eigenvalue weighted by molar-refractivity contribution is -0.150. The van der Waals surface area contributed by atoms with Crippen molar-refractivity contribution in [3.05, 3.63) is 12.2 Å². The van der Waals surface area contributed by atoms with Crippen molar-refractivity contribution in [1.82, 2.24) is 9.80 Å². The van der Waals surface area contributed by atoms with Crippen molar-refractivity contribution in [1.29, 1.82) is 0 Å². The molecule has 2 fully saturated rings. The predicted octanol–water partition coefficient (Wildman–Crippen LogP) is 2.21. The van der Waals surface area contributed by atoms with E-state index in [1.807, 2.05) is 26.8 Å². The van der Waals surface area contributed by atoms with Gasteiger partial charge < -0.3 is 19.3 Å². The number of hydrogen-bond donors (Lipinski definition) is 0. The molecule has 0 radical (unpaired) electrons. The summed E-state index contributed by atoms with van der Waals surface area (Å²) >= 11 is 0. The van der Waals surface area contributed by atoms with Gasteiger partial charge in [-0.05, 0) is 46.6 Å². The van der Waals surface area contributed by atoms with Crippen LogP contribution in [0.25, 0.3) is 0 Å². The normalized spacial score (nSPS) is 21.5. The number of esters is 1.